The van der Waals surface area contributed by atoms with Crippen molar-refractivity contribution in [3.63, 3.8) is 0 Å². The number of nitrogens with zero attached hydrogens (tertiary/aromatic N) is 1. The Kier molecular flexibility index (Phi) is 1.45. The Bertz CT molecular complexity index is 42.1. The molecule has 1 rings (SSSR count). The van der Waals surface area contributed by atoms with Crippen LogP contribution in [0.5, 0.6) is 0 Å². The molecular formula is C3H6BrN2. The quantitative estimate of drug-likeness (QED) is 0.388. The summed E-state index contributed by atoms with van der Waals surface area (Å²) in [5.41, 5.74) is 6.73. The fraction of sp³-hybridized carbons (Fsp3) is 1.00. The van der Waals surface area contributed by atoms with Crippen molar-refractivity contribution in [3.8, 4) is 0 Å². The molecule has 3 heteroatoms. The molecule has 0 bridgehead atoms. The topological polar surface area (TPSA) is 26.1 Å². The van der Waals surface area contributed by atoms with Gasteiger partial charge in [0.05, 0.1) is 4.95 Å². The van der Waals surface area contributed by atoms with Crippen molar-refractivity contribution in [1.82, 2.24) is 10.9 Å². The molecule has 1 fully saturated rings. The zero-order valence-corrected chi connectivity index (χ0v) is 4.90. The van der Waals surface area contributed by atoms with Crippen LogP contribution in [0.4, 0.5) is 0 Å². The first kappa shape index (κ1) is 4.56. The number of alkyl halides is 1. The van der Waals surface area contributed by atoms with Crippen LogP contribution in [0.3, 0.4) is 0 Å². The summed E-state index contributed by atoms with van der Waals surface area (Å²) in [7, 11) is 0. The van der Waals surface area contributed by atoms with Crippen molar-refractivity contribution in [1.29, 1.82) is 0 Å². The van der Waals surface area contributed by atoms with Gasteiger partial charge in [0.1, 0.15) is 0 Å². The van der Waals surface area contributed by atoms with Crippen molar-refractivity contribution in [3.05, 3.63) is 0 Å². The second kappa shape index (κ2) is 1.91. The molecule has 1 N–H and O–H groups in total. The second-order valence-corrected chi connectivity index (χ2v) is 2.37. The molecule has 0 aromatic heterocycles. The highest BCUT2D eigenvalue weighted by molar-refractivity contribution is 9.09. The SMILES string of the molecule is BrC1CC[N]N1. The van der Waals surface area contributed by atoms with E-state index in [2.05, 4.69) is 26.8 Å². The van der Waals surface area contributed by atoms with Crippen LogP contribution in [-0.2, 0) is 0 Å². The summed E-state index contributed by atoms with van der Waals surface area (Å²) in [5.74, 6) is 0. The Balaban J connectivity index is 2.18. The Morgan fingerprint density at radius 1 is 1.83 bits per heavy atom. The van der Waals surface area contributed by atoms with Gasteiger partial charge in [-0.05, 0) is 6.42 Å². The molecule has 0 aliphatic carbocycles. The summed E-state index contributed by atoms with van der Waals surface area (Å²) in [6, 6.07) is 0. The van der Waals surface area contributed by atoms with E-state index in [9.17, 15) is 0 Å². The Hall–Kier alpha value is 0.400. The van der Waals surface area contributed by atoms with Crippen LogP contribution >= 0.6 is 15.9 Å². The van der Waals surface area contributed by atoms with Crippen molar-refractivity contribution < 1.29 is 0 Å². The minimum absolute atomic E-state index is 0.442. The minimum Gasteiger partial charge on any atom is -0.226 e. The summed E-state index contributed by atoms with van der Waals surface area (Å²) < 4.78 is 0. The highest BCUT2D eigenvalue weighted by Gasteiger charge is 2.08. The van der Waals surface area contributed by atoms with E-state index in [0.717, 1.165) is 13.0 Å². The van der Waals surface area contributed by atoms with Crippen molar-refractivity contribution in [2.75, 3.05) is 6.54 Å². The van der Waals surface area contributed by atoms with Crippen molar-refractivity contribution >= 4 is 15.9 Å². The van der Waals surface area contributed by atoms with Crippen molar-refractivity contribution in [2.24, 2.45) is 0 Å². The molecule has 1 saturated heterocycles. The summed E-state index contributed by atoms with van der Waals surface area (Å²) in [6.07, 6.45) is 1.12. The Morgan fingerprint density at radius 3 is 2.83 bits per heavy atom. The summed E-state index contributed by atoms with van der Waals surface area (Å²) in [5, 5.41) is 0. The monoisotopic (exact) mass is 149 g/mol. The minimum atomic E-state index is 0.442. The van der Waals surface area contributed by atoms with E-state index in [4.69, 9.17) is 0 Å². The zero-order valence-electron chi connectivity index (χ0n) is 3.32. The van der Waals surface area contributed by atoms with Gasteiger partial charge in [0.2, 0.25) is 0 Å². The number of hydrogen-bond acceptors (Lipinski definition) is 1. The lowest BCUT2D eigenvalue weighted by Crippen LogP contribution is -2.18. The molecule has 1 atom stereocenters. The van der Waals surface area contributed by atoms with Gasteiger partial charge in [-0.3, -0.25) is 0 Å². The average Bonchev–Trinajstić information content (AvgIpc) is 1.86. The predicted molar refractivity (Wildman–Crippen MR) is 27.5 cm³/mol. The summed E-state index contributed by atoms with van der Waals surface area (Å²) >= 11 is 3.33. The maximum Gasteiger partial charge on any atom is 0.0792 e. The van der Waals surface area contributed by atoms with Gasteiger partial charge in [0.25, 0.3) is 0 Å². The molecule has 0 aromatic rings. The molecule has 0 amide bonds. The van der Waals surface area contributed by atoms with Crippen LogP contribution in [-0.4, -0.2) is 11.5 Å². The van der Waals surface area contributed by atoms with Crippen LogP contribution in [0, 0.1) is 0 Å². The molecule has 2 nitrogen and oxygen atoms in total. The molecule has 35 valence electrons. The van der Waals surface area contributed by atoms with E-state index in [1.165, 1.54) is 0 Å². The predicted octanol–water partition coefficient (Wildman–Crippen LogP) is 0.220. The Morgan fingerprint density at radius 2 is 2.67 bits per heavy atom. The molecule has 6 heavy (non-hydrogen) atoms. The standard InChI is InChI=1S/C3H6BrN2/c4-3-1-2-5-6-3/h3,6H,1-2H2. The van der Waals surface area contributed by atoms with Gasteiger partial charge in [0, 0.05) is 6.54 Å². The van der Waals surface area contributed by atoms with Crippen LogP contribution in [0.15, 0.2) is 0 Å². The molecule has 1 radical (unpaired) electrons. The van der Waals surface area contributed by atoms with E-state index in [1.807, 2.05) is 0 Å². The zero-order chi connectivity index (χ0) is 4.41. The number of halogens is 1. The lowest BCUT2D eigenvalue weighted by Gasteiger charge is -1.90. The van der Waals surface area contributed by atoms with Crippen LogP contribution in [0.2, 0.25) is 0 Å². The maximum absolute atomic E-state index is 3.87. The fourth-order valence-electron chi connectivity index (χ4n) is 0.406. The van der Waals surface area contributed by atoms with Crippen LogP contribution < -0.4 is 10.9 Å². The molecule has 0 saturated carbocycles. The van der Waals surface area contributed by atoms with Gasteiger partial charge in [-0.2, -0.15) is 5.43 Å². The van der Waals surface area contributed by atoms with Crippen LogP contribution in [0.1, 0.15) is 6.42 Å². The highest BCUT2D eigenvalue weighted by atomic mass is 79.9. The first-order valence-electron chi connectivity index (χ1n) is 1.95. The van der Waals surface area contributed by atoms with Crippen molar-refractivity contribution in [2.45, 2.75) is 11.4 Å². The van der Waals surface area contributed by atoms with Gasteiger partial charge in [-0.25, -0.2) is 5.43 Å². The molecule has 1 aliphatic heterocycles. The average molecular weight is 150 g/mol. The highest BCUT2D eigenvalue weighted by Crippen LogP contribution is 2.02. The third-order valence-electron chi connectivity index (χ3n) is 0.726. The first-order chi connectivity index (χ1) is 2.89. The van der Waals surface area contributed by atoms with E-state index in [-0.39, 0.29) is 0 Å². The number of rotatable bonds is 0. The molecule has 1 aliphatic rings. The lowest BCUT2D eigenvalue weighted by molar-refractivity contribution is 0.658. The van der Waals surface area contributed by atoms with Gasteiger partial charge in [0.15, 0.2) is 0 Å². The summed E-state index contributed by atoms with van der Waals surface area (Å²) in [6.45, 7) is 0.954. The molecule has 1 heterocycles. The normalized spacial score (nSPS) is 34.5. The maximum atomic E-state index is 3.87. The first-order valence-corrected chi connectivity index (χ1v) is 2.87. The number of hydrogen-bond donors (Lipinski definition) is 1. The lowest BCUT2D eigenvalue weighted by atomic mass is 10.5. The van der Waals surface area contributed by atoms with E-state index in [0.29, 0.717) is 4.95 Å². The van der Waals surface area contributed by atoms with Gasteiger partial charge >= 0.3 is 0 Å². The smallest absolute Gasteiger partial charge is 0.0792 e. The van der Waals surface area contributed by atoms with E-state index < -0.39 is 0 Å². The molecule has 0 spiro atoms. The number of nitrogens with one attached hydrogen (secondary N) is 1. The summed E-state index contributed by atoms with van der Waals surface area (Å²) in [4.78, 5) is 0.442. The molecule has 1 unspecified atom stereocenters. The van der Waals surface area contributed by atoms with Gasteiger partial charge in [-0.1, -0.05) is 15.9 Å². The molecule has 0 aromatic carbocycles. The van der Waals surface area contributed by atoms with E-state index >= 15 is 0 Å². The van der Waals surface area contributed by atoms with Gasteiger partial charge in [-0.15, -0.1) is 0 Å². The second-order valence-electron chi connectivity index (χ2n) is 1.27. The van der Waals surface area contributed by atoms with Gasteiger partial charge < -0.3 is 0 Å². The Labute approximate surface area is 45.4 Å². The third kappa shape index (κ3) is 0.929. The molecular weight excluding hydrogens is 144 g/mol. The van der Waals surface area contributed by atoms with Crippen LogP contribution in [0.25, 0.3) is 0 Å². The fourth-order valence-corrected chi connectivity index (χ4v) is 0.756. The largest absolute Gasteiger partial charge is 0.226 e. The van der Waals surface area contributed by atoms with E-state index in [1.54, 1.807) is 0 Å². The third-order valence-corrected chi connectivity index (χ3v) is 1.39.